The number of thiophene rings is 1. The minimum atomic E-state index is -3.73. The molecule has 0 saturated heterocycles. The van der Waals surface area contributed by atoms with E-state index in [1.54, 1.807) is 30.3 Å². The summed E-state index contributed by atoms with van der Waals surface area (Å²) in [5.74, 6) is -0.362. The number of sulfonamides is 1. The predicted octanol–water partition coefficient (Wildman–Crippen LogP) is 4.72. The Bertz CT molecular complexity index is 925. The van der Waals surface area contributed by atoms with Gasteiger partial charge < -0.3 is 0 Å². The van der Waals surface area contributed by atoms with Gasteiger partial charge in [0.1, 0.15) is 5.82 Å². The molecule has 124 valence electrons. The maximum atomic E-state index is 13.2. The van der Waals surface area contributed by atoms with Crippen LogP contribution < -0.4 is 4.72 Å². The highest BCUT2D eigenvalue weighted by Crippen LogP contribution is 2.28. The Morgan fingerprint density at radius 2 is 1.79 bits per heavy atom. The lowest BCUT2D eigenvalue weighted by atomic mass is 10.1. The SMILES string of the molecule is O=S(=O)(N[C@H](c1ccc(F)cc1)c1cccs1)c1cccc(Br)c1. The summed E-state index contributed by atoms with van der Waals surface area (Å²) in [6, 6.07) is 15.4. The van der Waals surface area contributed by atoms with E-state index >= 15 is 0 Å². The Balaban J connectivity index is 1.99. The average molecular weight is 426 g/mol. The molecule has 1 atom stereocenters. The molecule has 7 heteroatoms. The van der Waals surface area contributed by atoms with Crippen LogP contribution in [0.3, 0.4) is 0 Å². The van der Waals surface area contributed by atoms with Gasteiger partial charge in [-0.05, 0) is 47.3 Å². The summed E-state index contributed by atoms with van der Waals surface area (Å²) in [5, 5.41) is 1.87. The van der Waals surface area contributed by atoms with Gasteiger partial charge in [-0.1, -0.05) is 40.2 Å². The van der Waals surface area contributed by atoms with Gasteiger partial charge in [-0.3, -0.25) is 0 Å². The Kier molecular flexibility index (Phi) is 5.15. The first-order chi connectivity index (χ1) is 11.5. The molecule has 0 amide bonds. The first kappa shape index (κ1) is 17.3. The van der Waals surface area contributed by atoms with Crippen LogP contribution in [0.25, 0.3) is 0 Å². The topological polar surface area (TPSA) is 46.2 Å². The zero-order chi connectivity index (χ0) is 17.2. The van der Waals surface area contributed by atoms with E-state index in [4.69, 9.17) is 0 Å². The standard InChI is InChI=1S/C17H13BrFNO2S2/c18-13-3-1-4-15(11-13)24(21,22)20-17(16-5-2-10-23-16)12-6-8-14(19)9-7-12/h1-11,17,20H/t17-/m1/s1. The smallest absolute Gasteiger partial charge is 0.207 e. The van der Waals surface area contributed by atoms with Crippen LogP contribution in [0.4, 0.5) is 4.39 Å². The maximum Gasteiger partial charge on any atom is 0.241 e. The zero-order valence-corrected chi connectivity index (χ0v) is 15.5. The van der Waals surface area contributed by atoms with Crippen LogP contribution in [0.15, 0.2) is 75.4 Å². The Hall–Kier alpha value is -1.54. The van der Waals surface area contributed by atoms with Gasteiger partial charge in [0.2, 0.25) is 10.0 Å². The lowest BCUT2D eigenvalue weighted by Gasteiger charge is -2.18. The van der Waals surface area contributed by atoms with Gasteiger partial charge in [0, 0.05) is 9.35 Å². The molecule has 3 nitrogen and oxygen atoms in total. The molecule has 0 saturated carbocycles. The molecule has 3 aromatic rings. The third-order valence-electron chi connectivity index (χ3n) is 3.41. The van der Waals surface area contributed by atoms with Crippen molar-refractivity contribution in [3.05, 3.63) is 86.8 Å². The van der Waals surface area contributed by atoms with E-state index in [9.17, 15) is 12.8 Å². The van der Waals surface area contributed by atoms with E-state index in [1.807, 2.05) is 17.5 Å². The molecule has 0 aliphatic heterocycles. The summed E-state index contributed by atoms with van der Waals surface area (Å²) in [5.41, 5.74) is 0.678. The molecule has 3 rings (SSSR count). The Labute approximate surface area is 152 Å². The van der Waals surface area contributed by atoms with E-state index in [2.05, 4.69) is 20.7 Å². The van der Waals surface area contributed by atoms with Crippen molar-refractivity contribution in [1.29, 1.82) is 0 Å². The van der Waals surface area contributed by atoms with Gasteiger partial charge in [0.05, 0.1) is 10.9 Å². The molecule has 1 N–H and O–H groups in total. The van der Waals surface area contributed by atoms with Gasteiger partial charge in [0.25, 0.3) is 0 Å². The van der Waals surface area contributed by atoms with Crippen molar-refractivity contribution in [3.63, 3.8) is 0 Å². The third-order valence-corrected chi connectivity index (χ3v) is 6.26. The molecule has 0 spiro atoms. The molecular weight excluding hydrogens is 413 g/mol. The molecule has 0 bridgehead atoms. The van der Waals surface area contributed by atoms with E-state index in [0.717, 1.165) is 4.88 Å². The summed E-state index contributed by atoms with van der Waals surface area (Å²) in [6.45, 7) is 0. The Morgan fingerprint density at radius 3 is 2.42 bits per heavy atom. The summed E-state index contributed by atoms with van der Waals surface area (Å²) in [4.78, 5) is 1.00. The molecule has 2 aromatic carbocycles. The van der Waals surface area contributed by atoms with Crippen molar-refractivity contribution in [2.24, 2.45) is 0 Å². The summed E-state index contributed by atoms with van der Waals surface area (Å²) in [6.07, 6.45) is 0. The number of halogens is 2. The van der Waals surface area contributed by atoms with Crippen LogP contribution in [0.1, 0.15) is 16.5 Å². The highest BCUT2D eigenvalue weighted by atomic mass is 79.9. The van der Waals surface area contributed by atoms with E-state index < -0.39 is 16.1 Å². The summed E-state index contributed by atoms with van der Waals surface area (Å²) < 4.78 is 42.1. The van der Waals surface area contributed by atoms with Gasteiger partial charge in [-0.2, -0.15) is 4.72 Å². The fraction of sp³-hybridized carbons (Fsp3) is 0.0588. The molecule has 0 fully saturated rings. The Morgan fingerprint density at radius 1 is 1.04 bits per heavy atom. The van der Waals surface area contributed by atoms with Crippen LogP contribution in [-0.4, -0.2) is 8.42 Å². The number of hydrogen-bond acceptors (Lipinski definition) is 3. The van der Waals surface area contributed by atoms with Crippen molar-refractivity contribution in [2.75, 3.05) is 0 Å². The molecule has 0 aliphatic rings. The van der Waals surface area contributed by atoms with Gasteiger partial charge in [0.15, 0.2) is 0 Å². The van der Waals surface area contributed by atoms with Crippen molar-refractivity contribution >= 4 is 37.3 Å². The first-order valence-corrected chi connectivity index (χ1v) is 10.2. The second kappa shape index (κ2) is 7.14. The molecule has 1 aromatic heterocycles. The number of benzene rings is 2. The summed E-state index contributed by atoms with van der Waals surface area (Å²) in [7, 11) is -3.73. The van der Waals surface area contributed by atoms with Crippen molar-refractivity contribution < 1.29 is 12.8 Å². The molecule has 1 heterocycles. The van der Waals surface area contributed by atoms with Crippen molar-refractivity contribution in [3.8, 4) is 0 Å². The normalized spacial score (nSPS) is 12.9. The minimum absolute atomic E-state index is 0.167. The second-order valence-corrected chi connectivity index (χ2v) is 8.69. The maximum absolute atomic E-state index is 13.2. The largest absolute Gasteiger partial charge is 0.241 e. The molecule has 0 radical (unpaired) electrons. The minimum Gasteiger partial charge on any atom is -0.207 e. The molecular formula is C17H13BrFNO2S2. The van der Waals surface area contributed by atoms with Crippen LogP contribution in [0.2, 0.25) is 0 Å². The van der Waals surface area contributed by atoms with Crippen LogP contribution in [-0.2, 0) is 10.0 Å². The lowest BCUT2D eigenvalue weighted by molar-refractivity contribution is 0.573. The highest BCUT2D eigenvalue weighted by Gasteiger charge is 2.23. The van der Waals surface area contributed by atoms with Crippen LogP contribution in [0.5, 0.6) is 0 Å². The highest BCUT2D eigenvalue weighted by molar-refractivity contribution is 9.10. The van der Waals surface area contributed by atoms with E-state index in [-0.39, 0.29) is 10.7 Å². The van der Waals surface area contributed by atoms with E-state index in [1.165, 1.54) is 29.5 Å². The second-order valence-electron chi connectivity index (χ2n) is 5.08. The van der Waals surface area contributed by atoms with Gasteiger partial charge >= 0.3 is 0 Å². The van der Waals surface area contributed by atoms with Crippen molar-refractivity contribution in [1.82, 2.24) is 4.72 Å². The molecule has 24 heavy (non-hydrogen) atoms. The third kappa shape index (κ3) is 3.92. The number of nitrogens with one attached hydrogen (secondary N) is 1. The molecule has 0 unspecified atom stereocenters. The quantitative estimate of drug-likeness (QED) is 0.642. The number of hydrogen-bond donors (Lipinski definition) is 1. The first-order valence-electron chi connectivity index (χ1n) is 7.02. The summed E-state index contributed by atoms with van der Waals surface area (Å²) >= 11 is 4.72. The fourth-order valence-electron chi connectivity index (χ4n) is 2.26. The number of rotatable bonds is 5. The average Bonchev–Trinajstić information content (AvgIpc) is 3.08. The van der Waals surface area contributed by atoms with Gasteiger partial charge in [-0.15, -0.1) is 11.3 Å². The predicted molar refractivity (Wildman–Crippen MR) is 97.0 cm³/mol. The fourth-order valence-corrected chi connectivity index (χ4v) is 4.94. The molecule has 0 aliphatic carbocycles. The zero-order valence-electron chi connectivity index (χ0n) is 12.3. The van der Waals surface area contributed by atoms with Gasteiger partial charge in [-0.25, -0.2) is 12.8 Å². The van der Waals surface area contributed by atoms with Crippen LogP contribution in [0, 0.1) is 5.82 Å². The van der Waals surface area contributed by atoms with Crippen LogP contribution >= 0.6 is 27.3 Å². The van der Waals surface area contributed by atoms with E-state index in [0.29, 0.717) is 10.0 Å². The lowest BCUT2D eigenvalue weighted by Crippen LogP contribution is -2.29. The van der Waals surface area contributed by atoms with Crippen molar-refractivity contribution in [2.45, 2.75) is 10.9 Å². The monoisotopic (exact) mass is 425 g/mol.